The number of hydrogen-bond donors (Lipinski definition) is 1. The van der Waals surface area contributed by atoms with Gasteiger partial charge in [0.25, 0.3) is 0 Å². The molecule has 0 spiro atoms. The number of benzene rings is 1. The number of nitrogens with zero attached hydrogens (tertiary/aromatic N) is 2. The molecule has 0 aliphatic heterocycles. The number of nitrogen functional groups attached to an aromatic ring is 1. The van der Waals surface area contributed by atoms with Crippen molar-refractivity contribution in [2.75, 3.05) is 26.6 Å². The van der Waals surface area contributed by atoms with Crippen LogP contribution in [0.15, 0.2) is 30.5 Å². The zero-order valence-corrected chi connectivity index (χ0v) is 11.0. The van der Waals surface area contributed by atoms with E-state index < -0.39 is 0 Å². The number of hydrogen-bond acceptors (Lipinski definition) is 5. The molecular weight excluding hydrogens is 246 g/mol. The molecule has 6 heteroatoms. The second-order valence-corrected chi connectivity index (χ2v) is 3.84. The van der Waals surface area contributed by atoms with E-state index in [1.54, 1.807) is 31.2 Å². The summed E-state index contributed by atoms with van der Waals surface area (Å²) < 4.78 is 17.9. The van der Waals surface area contributed by atoms with Crippen molar-refractivity contribution in [3.63, 3.8) is 0 Å². The molecule has 0 aliphatic rings. The van der Waals surface area contributed by atoms with Gasteiger partial charge in [-0.1, -0.05) is 6.07 Å². The Morgan fingerprint density at radius 1 is 1.16 bits per heavy atom. The van der Waals surface area contributed by atoms with Crippen LogP contribution >= 0.6 is 0 Å². The van der Waals surface area contributed by atoms with E-state index in [1.807, 2.05) is 18.2 Å². The SMILES string of the molecule is COc1cccc(OC)c1OCCn1ccc(N)n1. The summed E-state index contributed by atoms with van der Waals surface area (Å²) in [6.07, 6.45) is 1.80. The van der Waals surface area contributed by atoms with Gasteiger partial charge in [-0.2, -0.15) is 5.10 Å². The molecule has 0 fully saturated rings. The number of para-hydroxylation sites is 1. The minimum atomic E-state index is 0.442. The molecule has 102 valence electrons. The van der Waals surface area contributed by atoms with Crippen molar-refractivity contribution in [3.05, 3.63) is 30.5 Å². The molecule has 6 nitrogen and oxygen atoms in total. The van der Waals surface area contributed by atoms with Gasteiger partial charge in [0.1, 0.15) is 12.4 Å². The molecule has 0 aliphatic carbocycles. The van der Waals surface area contributed by atoms with Crippen LogP contribution in [0.4, 0.5) is 5.82 Å². The highest BCUT2D eigenvalue weighted by molar-refractivity contribution is 5.51. The molecule has 0 bridgehead atoms. The average Bonchev–Trinajstić information content (AvgIpc) is 2.84. The maximum atomic E-state index is 5.71. The molecule has 0 saturated carbocycles. The lowest BCUT2D eigenvalue weighted by Gasteiger charge is -2.13. The summed E-state index contributed by atoms with van der Waals surface area (Å²) in [5.41, 5.74) is 5.54. The molecular formula is C13H17N3O3. The number of anilines is 1. The minimum absolute atomic E-state index is 0.442. The highest BCUT2D eigenvalue weighted by atomic mass is 16.5. The summed E-state index contributed by atoms with van der Waals surface area (Å²) in [5.74, 6) is 2.36. The first kappa shape index (κ1) is 13.1. The second-order valence-electron chi connectivity index (χ2n) is 3.84. The van der Waals surface area contributed by atoms with Gasteiger partial charge in [-0.05, 0) is 18.2 Å². The van der Waals surface area contributed by atoms with Crippen LogP contribution in [-0.4, -0.2) is 30.6 Å². The van der Waals surface area contributed by atoms with Crippen LogP contribution < -0.4 is 19.9 Å². The van der Waals surface area contributed by atoms with Crippen LogP contribution in [0, 0.1) is 0 Å². The Bertz CT molecular complexity index is 517. The summed E-state index contributed by atoms with van der Waals surface area (Å²) in [6.45, 7) is 1.04. The molecule has 2 aromatic rings. The van der Waals surface area contributed by atoms with E-state index in [9.17, 15) is 0 Å². The van der Waals surface area contributed by atoms with Crippen LogP contribution in [0.2, 0.25) is 0 Å². The molecule has 0 atom stereocenters. The molecule has 19 heavy (non-hydrogen) atoms. The van der Waals surface area contributed by atoms with Crippen molar-refractivity contribution < 1.29 is 14.2 Å². The molecule has 0 saturated heterocycles. The highest BCUT2D eigenvalue weighted by Crippen LogP contribution is 2.36. The summed E-state index contributed by atoms with van der Waals surface area (Å²) in [6, 6.07) is 7.23. The van der Waals surface area contributed by atoms with Crippen LogP contribution in [-0.2, 0) is 6.54 Å². The average molecular weight is 263 g/mol. The fraction of sp³-hybridized carbons (Fsp3) is 0.308. The minimum Gasteiger partial charge on any atom is -0.493 e. The number of nitrogens with two attached hydrogens (primary N) is 1. The summed E-state index contributed by atoms with van der Waals surface area (Å²) in [7, 11) is 3.19. The Morgan fingerprint density at radius 3 is 2.37 bits per heavy atom. The molecule has 0 amide bonds. The summed E-state index contributed by atoms with van der Waals surface area (Å²) in [5, 5.41) is 4.08. The zero-order chi connectivity index (χ0) is 13.7. The predicted octanol–water partition coefficient (Wildman–Crippen LogP) is 1.56. The number of methoxy groups -OCH3 is 2. The van der Waals surface area contributed by atoms with Crippen molar-refractivity contribution in [3.8, 4) is 17.2 Å². The fourth-order valence-electron chi connectivity index (χ4n) is 1.70. The Labute approximate surface area is 111 Å². The number of rotatable bonds is 6. The normalized spacial score (nSPS) is 10.2. The van der Waals surface area contributed by atoms with E-state index in [0.29, 0.717) is 36.2 Å². The maximum Gasteiger partial charge on any atom is 0.203 e. The monoisotopic (exact) mass is 263 g/mol. The van der Waals surface area contributed by atoms with Gasteiger partial charge < -0.3 is 19.9 Å². The lowest BCUT2D eigenvalue weighted by atomic mass is 10.3. The predicted molar refractivity (Wildman–Crippen MR) is 71.7 cm³/mol. The van der Waals surface area contributed by atoms with E-state index >= 15 is 0 Å². The van der Waals surface area contributed by atoms with Crippen LogP contribution in [0.3, 0.4) is 0 Å². The van der Waals surface area contributed by atoms with Gasteiger partial charge in [0, 0.05) is 6.20 Å². The van der Waals surface area contributed by atoms with E-state index in [-0.39, 0.29) is 0 Å². The third-order valence-corrected chi connectivity index (χ3v) is 2.61. The van der Waals surface area contributed by atoms with Crippen molar-refractivity contribution in [2.45, 2.75) is 6.54 Å². The third kappa shape index (κ3) is 3.09. The van der Waals surface area contributed by atoms with E-state index in [2.05, 4.69) is 5.10 Å². The van der Waals surface area contributed by atoms with Crippen molar-refractivity contribution in [1.29, 1.82) is 0 Å². The van der Waals surface area contributed by atoms with E-state index in [0.717, 1.165) is 0 Å². The number of aromatic nitrogens is 2. The van der Waals surface area contributed by atoms with Gasteiger partial charge in [-0.15, -0.1) is 0 Å². The van der Waals surface area contributed by atoms with E-state index in [4.69, 9.17) is 19.9 Å². The van der Waals surface area contributed by atoms with Crippen molar-refractivity contribution in [2.24, 2.45) is 0 Å². The van der Waals surface area contributed by atoms with Gasteiger partial charge in [-0.3, -0.25) is 4.68 Å². The molecule has 1 aromatic carbocycles. The molecule has 1 heterocycles. The third-order valence-electron chi connectivity index (χ3n) is 2.61. The number of ether oxygens (including phenoxy) is 3. The largest absolute Gasteiger partial charge is 0.493 e. The van der Waals surface area contributed by atoms with Gasteiger partial charge in [0.05, 0.1) is 20.8 Å². The van der Waals surface area contributed by atoms with Gasteiger partial charge >= 0.3 is 0 Å². The Kier molecular flexibility index (Phi) is 4.12. The first-order valence-electron chi connectivity index (χ1n) is 5.87. The standard InChI is InChI=1S/C13H17N3O3/c1-17-10-4-3-5-11(18-2)13(10)19-9-8-16-7-6-12(14)15-16/h3-7H,8-9H2,1-2H3,(H2,14,15). The molecule has 2 rings (SSSR count). The van der Waals surface area contributed by atoms with Gasteiger partial charge in [-0.25, -0.2) is 0 Å². The Morgan fingerprint density at radius 2 is 1.84 bits per heavy atom. The van der Waals surface area contributed by atoms with Crippen LogP contribution in [0.5, 0.6) is 17.2 Å². The zero-order valence-electron chi connectivity index (χ0n) is 11.0. The molecule has 2 N–H and O–H groups in total. The first-order chi connectivity index (χ1) is 9.24. The summed E-state index contributed by atoms with van der Waals surface area (Å²) >= 11 is 0. The second kappa shape index (κ2) is 5.99. The maximum absolute atomic E-state index is 5.71. The van der Waals surface area contributed by atoms with Gasteiger partial charge in [0.15, 0.2) is 11.5 Å². The van der Waals surface area contributed by atoms with Crippen molar-refractivity contribution >= 4 is 5.82 Å². The highest BCUT2D eigenvalue weighted by Gasteiger charge is 2.10. The van der Waals surface area contributed by atoms with Gasteiger partial charge in [0.2, 0.25) is 5.75 Å². The quantitative estimate of drug-likeness (QED) is 0.856. The first-order valence-corrected chi connectivity index (χ1v) is 5.87. The van der Waals surface area contributed by atoms with Crippen molar-refractivity contribution in [1.82, 2.24) is 9.78 Å². The topological polar surface area (TPSA) is 71.5 Å². The Balaban J connectivity index is 2.02. The molecule has 1 aromatic heterocycles. The smallest absolute Gasteiger partial charge is 0.203 e. The van der Waals surface area contributed by atoms with Crippen LogP contribution in [0.1, 0.15) is 0 Å². The lowest BCUT2D eigenvalue weighted by molar-refractivity contribution is 0.259. The van der Waals surface area contributed by atoms with E-state index in [1.165, 1.54) is 0 Å². The molecule has 0 radical (unpaired) electrons. The molecule has 0 unspecified atom stereocenters. The lowest BCUT2D eigenvalue weighted by Crippen LogP contribution is -2.10. The fourth-order valence-corrected chi connectivity index (χ4v) is 1.70. The van der Waals surface area contributed by atoms with Crippen LogP contribution in [0.25, 0.3) is 0 Å². The summed E-state index contributed by atoms with van der Waals surface area (Å²) in [4.78, 5) is 0. The Hall–Kier alpha value is -2.37.